The Kier molecular flexibility index (Phi) is 6.65. The van der Waals surface area contributed by atoms with Gasteiger partial charge in [-0.3, -0.25) is 4.79 Å². The molecule has 1 saturated carbocycles. The molecule has 0 saturated heterocycles. The van der Waals surface area contributed by atoms with Crippen LogP contribution >= 0.6 is 11.3 Å². The second-order valence-corrected chi connectivity index (χ2v) is 8.34. The van der Waals surface area contributed by atoms with Crippen LogP contribution in [0.15, 0.2) is 42.5 Å². The Morgan fingerprint density at radius 1 is 1.08 bits per heavy atom. The predicted octanol–water partition coefficient (Wildman–Crippen LogP) is 4.51. The van der Waals surface area contributed by atoms with Crippen molar-refractivity contribution in [3.8, 4) is 0 Å². The molecule has 0 bridgehead atoms. The molecule has 134 valence electrons. The Labute approximate surface area is 155 Å². The minimum atomic E-state index is 0.195. The van der Waals surface area contributed by atoms with Crippen molar-refractivity contribution in [1.29, 1.82) is 0 Å². The molecule has 0 spiro atoms. The fourth-order valence-electron chi connectivity index (χ4n) is 3.44. The fourth-order valence-corrected chi connectivity index (χ4v) is 4.35. The van der Waals surface area contributed by atoms with Crippen LogP contribution in [-0.2, 0) is 17.9 Å². The first-order valence-electron chi connectivity index (χ1n) is 9.31. The number of nitrogens with one attached hydrogen (secondary N) is 1. The molecule has 0 unspecified atom stereocenters. The lowest BCUT2D eigenvalue weighted by Gasteiger charge is -2.26. The van der Waals surface area contributed by atoms with Gasteiger partial charge < -0.3 is 10.2 Å². The third-order valence-electron chi connectivity index (χ3n) is 4.86. The zero-order valence-electron chi connectivity index (χ0n) is 15.0. The number of amides is 1. The first kappa shape index (κ1) is 18.2. The highest BCUT2D eigenvalue weighted by Gasteiger charge is 2.18. The topological polar surface area (TPSA) is 32.3 Å². The summed E-state index contributed by atoms with van der Waals surface area (Å²) in [5.41, 5.74) is 1.18. The number of thiophene rings is 1. The van der Waals surface area contributed by atoms with Crippen LogP contribution in [0.4, 0.5) is 0 Å². The van der Waals surface area contributed by atoms with Gasteiger partial charge in [0.2, 0.25) is 5.91 Å². The summed E-state index contributed by atoms with van der Waals surface area (Å²) in [6.45, 7) is 3.92. The molecule has 25 heavy (non-hydrogen) atoms. The highest BCUT2D eigenvalue weighted by atomic mass is 32.1. The summed E-state index contributed by atoms with van der Waals surface area (Å²) >= 11 is 1.78. The van der Waals surface area contributed by atoms with Crippen LogP contribution in [0.25, 0.3) is 0 Å². The minimum absolute atomic E-state index is 0.195. The standard InChI is InChI=1S/C21H28N2OS/c1-17-12-13-20(25-17)16-23(15-18-8-4-2-5-9-18)21(24)14-22-19-10-6-3-7-11-19/h2,4-5,8-9,12-13,19,22H,3,6-7,10-11,14-16H2,1H3. The Hall–Kier alpha value is -1.65. The Balaban J connectivity index is 1.62. The Morgan fingerprint density at radius 2 is 1.84 bits per heavy atom. The number of carbonyl (C=O) groups is 1. The molecule has 1 amide bonds. The van der Waals surface area contributed by atoms with Crippen molar-refractivity contribution in [2.75, 3.05) is 6.54 Å². The van der Waals surface area contributed by atoms with Crippen LogP contribution in [0, 0.1) is 6.92 Å². The van der Waals surface area contributed by atoms with E-state index < -0.39 is 0 Å². The van der Waals surface area contributed by atoms with E-state index in [1.165, 1.54) is 47.4 Å². The van der Waals surface area contributed by atoms with E-state index in [1.807, 2.05) is 23.1 Å². The number of nitrogens with zero attached hydrogens (tertiary/aromatic N) is 1. The molecule has 1 N–H and O–H groups in total. The maximum atomic E-state index is 12.9. The van der Waals surface area contributed by atoms with E-state index >= 15 is 0 Å². The summed E-state index contributed by atoms with van der Waals surface area (Å²) in [5.74, 6) is 0.195. The smallest absolute Gasteiger partial charge is 0.237 e. The van der Waals surface area contributed by atoms with E-state index in [2.05, 4.69) is 36.5 Å². The quantitative estimate of drug-likeness (QED) is 0.792. The molecule has 1 heterocycles. The zero-order chi connectivity index (χ0) is 17.5. The molecule has 1 aliphatic rings. The van der Waals surface area contributed by atoms with Crippen molar-refractivity contribution in [3.05, 3.63) is 57.8 Å². The van der Waals surface area contributed by atoms with E-state index in [1.54, 1.807) is 11.3 Å². The highest BCUT2D eigenvalue weighted by Crippen LogP contribution is 2.19. The molecule has 1 fully saturated rings. The Morgan fingerprint density at radius 3 is 2.52 bits per heavy atom. The molecular formula is C21H28N2OS. The second kappa shape index (κ2) is 9.16. The van der Waals surface area contributed by atoms with E-state index in [0.29, 0.717) is 25.7 Å². The first-order chi connectivity index (χ1) is 12.2. The van der Waals surface area contributed by atoms with E-state index in [4.69, 9.17) is 0 Å². The largest absolute Gasteiger partial charge is 0.332 e. The fraction of sp³-hybridized carbons (Fsp3) is 0.476. The van der Waals surface area contributed by atoms with Crippen molar-refractivity contribution in [2.24, 2.45) is 0 Å². The molecule has 1 aromatic carbocycles. The lowest BCUT2D eigenvalue weighted by Crippen LogP contribution is -2.41. The summed E-state index contributed by atoms with van der Waals surface area (Å²) in [6.07, 6.45) is 6.32. The summed E-state index contributed by atoms with van der Waals surface area (Å²) < 4.78 is 0. The molecular weight excluding hydrogens is 328 g/mol. The van der Waals surface area contributed by atoms with Gasteiger partial charge in [-0.2, -0.15) is 0 Å². The highest BCUT2D eigenvalue weighted by molar-refractivity contribution is 7.11. The van der Waals surface area contributed by atoms with Crippen molar-refractivity contribution in [2.45, 2.75) is 58.2 Å². The normalized spacial score (nSPS) is 15.2. The van der Waals surface area contributed by atoms with Gasteiger partial charge in [0.1, 0.15) is 0 Å². The van der Waals surface area contributed by atoms with Gasteiger partial charge in [-0.1, -0.05) is 49.6 Å². The molecule has 2 aromatic rings. The van der Waals surface area contributed by atoms with Gasteiger partial charge in [0.15, 0.2) is 0 Å². The van der Waals surface area contributed by atoms with Crippen molar-refractivity contribution < 1.29 is 4.79 Å². The zero-order valence-corrected chi connectivity index (χ0v) is 15.9. The third kappa shape index (κ3) is 5.68. The lowest BCUT2D eigenvalue weighted by molar-refractivity contribution is -0.131. The van der Waals surface area contributed by atoms with Gasteiger partial charge in [-0.15, -0.1) is 11.3 Å². The summed E-state index contributed by atoms with van der Waals surface area (Å²) in [4.78, 5) is 17.4. The molecule has 3 rings (SSSR count). The number of aryl methyl sites for hydroxylation is 1. The molecule has 1 aliphatic carbocycles. The van der Waals surface area contributed by atoms with Crippen LogP contribution in [0.3, 0.4) is 0 Å². The van der Waals surface area contributed by atoms with Crippen molar-refractivity contribution in [3.63, 3.8) is 0 Å². The number of benzene rings is 1. The summed E-state index contributed by atoms with van der Waals surface area (Å²) in [6, 6.07) is 15.1. The molecule has 0 atom stereocenters. The summed E-state index contributed by atoms with van der Waals surface area (Å²) in [7, 11) is 0. The lowest BCUT2D eigenvalue weighted by atomic mass is 9.95. The van der Waals surface area contributed by atoms with Gasteiger partial charge in [0.05, 0.1) is 13.1 Å². The molecule has 0 radical (unpaired) electrons. The van der Waals surface area contributed by atoms with Crippen LogP contribution in [-0.4, -0.2) is 23.4 Å². The molecule has 1 aromatic heterocycles. The molecule has 0 aliphatic heterocycles. The first-order valence-corrected chi connectivity index (χ1v) is 10.1. The minimum Gasteiger partial charge on any atom is -0.332 e. The SMILES string of the molecule is Cc1ccc(CN(Cc2ccccc2)C(=O)CNC2CCCCC2)s1. The maximum Gasteiger partial charge on any atom is 0.237 e. The Bertz CT molecular complexity index is 662. The van der Waals surface area contributed by atoms with Gasteiger partial charge in [0, 0.05) is 22.3 Å². The second-order valence-electron chi connectivity index (χ2n) is 6.96. The predicted molar refractivity (Wildman–Crippen MR) is 105 cm³/mol. The van der Waals surface area contributed by atoms with E-state index in [-0.39, 0.29) is 5.91 Å². The van der Waals surface area contributed by atoms with Crippen LogP contribution < -0.4 is 5.32 Å². The van der Waals surface area contributed by atoms with Crippen molar-refractivity contribution >= 4 is 17.2 Å². The molecule has 3 nitrogen and oxygen atoms in total. The third-order valence-corrected chi connectivity index (χ3v) is 5.84. The number of hydrogen-bond donors (Lipinski definition) is 1. The number of hydrogen-bond acceptors (Lipinski definition) is 3. The van der Waals surface area contributed by atoms with Gasteiger partial charge in [-0.05, 0) is 37.5 Å². The number of carbonyl (C=O) groups excluding carboxylic acids is 1. The van der Waals surface area contributed by atoms with E-state index in [9.17, 15) is 4.79 Å². The van der Waals surface area contributed by atoms with Crippen LogP contribution in [0.5, 0.6) is 0 Å². The number of rotatable bonds is 7. The monoisotopic (exact) mass is 356 g/mol. The summed E-state index contributed by atoms with van der Waals surface area (Å²) in [5, 5.41) is 3.49. The van der Waals surface area contributed by atoms with Crippen molar-refractivity contribution in [1.82, 2.24) is 10.2 Å². The van der Waals surface area contributed by atoms with Gasteiger partial charge in [0.25, 0.3) is 0 Å². The van der Waals surface area contributed by atoms with Crippen LogP contribution in [0.1, 0.15) is 47.4 Å². The van der Waals surface area contributed by atoms with E-state index in [0.717, 1.165) is 0 Å². The molecule has 4 heteroatoms. The van der Waals surface area contributed by atoms with Gasteiger partial charge >= 0.3 is 0 Å². The van der Waals surface area contributed by atoms with Gasteiger partial charge in [-0.25, -0.2) is 0 Å². The maximum absolute atomic E-state index is 12.9. The van der Waals surface area contributed by atoms with Crippen LogP contribution in [0.2, 0.25) is 0 Å². The average molecular weight is 357 g/mol. The average Bonchev–Trinajstić information content (AvgIpc) is 3.06.